The molecule has 112 valence electrons. The maximum atomic E-state index is 3.72. The van der Waals surface area contributed by atoms with Crippen LogP contribution < -0.4 is 5.32 Å². The topological polar surface area (TPSA) is 12.0 Å². The highest BCUT2D eigenvalue weighted by Crippen LogP contribution is 2.38. The van der Waals surface area contributed by atoms with E-state index in [1.54, 1.807) is 5.56 Å². The van der Waals surface area contributed by atoms with Crippen LogP contribution in [0, 0.1) is 6.92 Å². The van der Waals surface area contributed by atoms with Crippen LogP contribution in [0.15, 0.2) is 24.3 Å². The average molecular weight is 292 g/mol. The molecule has 0 unspecified atom stereocenters. The molecule has 1 nitrogen and oxygen atoms in total. The highest BCUT2D eigenvalue weighted by atomic mass is 32.2. The molecule has 0 aliphatic heterocycles. The van der Waals surface area contributed by atoms with E-state index in [-0.39, 0.29) is 0 Å². The van der Waals surface area contributed by atoms with Crippen LogP contribution in [0.1, 0.15) is 55.6 Å². The number of thioether (sulfide) groups is 1. The van der Waals surface area contributed by atoms with Gasteiger partial charge in [-0.1, -0.05) is 37.1 Å². The molecule has 0 bridgehead atoms. The Morgan fingerprint density at radius 1 is 1.10 bits per heavy atom. The molecule has 1 aliphatic carbocycles. The van der Waals surface area contributed by atoms with Crippen LogP contribution in [0.2, 0.25) is 0 Å². The van der Waals surface area contributed by atoms with Gasteiger partial charge in [-0.2, -0.15) is 11.8 Å². The van der Waals surface area contributed by atoms with Gasteiger partial charge in [0.2, 0.25) is 0 Å². The largest absolute Gasteiger partial charge is 0.314 e. The van der Waals surface area contributed by atoms with E-state index in [0.717, 1.165) is 12.0 Å². The molecule has 1 fully saturated rings. The van der Waals surface area contributed by atoms with Gasteiger partial charge in [0.05, 0.1) is 0 Å². The molecule has 0 saturated heterocycles. The van der Waals surface area contributed by atoms with Crippen LogP contribution in [-0.2, 0) is 0 Å². The van der Waals surface area contributed by atoms with Crippen molar-refractivity contribution in [2.45, 2.75) is 57.4 Å². The molecular formula is C18H29NS. The highest BCUT2D eigenvalue weighted by Gasteiger charge is 2.30. The van der Waals surface area contributed by atoms with Gasteiger partial charge in [-0.15, -0.1) is 0 Å². The zero-order chi connectivity index (χ0) is 14.2. The Balaban J connectivity index is 1.53. The summed E-state index contributed by atoms with van der Waals surface area (Å²) in [6.07, 6.45) is 10.4. The van der Waals surface area contributed by atoms with Crippen LogP contribution in [0.25, 0.3) is 0 Å². The Morgan fingerprint density at radius 3 is 2.60 bits per heavy atom. The van der Waals surface area contributed by atoms with E-state index in [0.29, 0.717) is 0 Å². The van der Waals surface area contributed by atoms with Crippen molar-refractivity contribution in [3.63, 3.8) is 0 Å². The van der Waals surface area contributed by atoms with Crippen LogP contribution in [0.4, 0.5) is 0 Å². The minimum atomic E-state index is 0.769. The van der Waals surface area contributed by atoms with Crippen molar-refractivity contribution in [3.05, 3.63) is 35.4 Å². The van der Waals surface area contributed by atoms with Gasteiger partial charge in [0.15, 0.2) is 0 Å². The van der Waals surface area contributed by atoms with Crippen LogP contribution in [-0.4, -0.2) is 24.6 Å². The molecule has 0 atom stereocenters. The lowest BCUT2D eigenvalue weighted by Gasteiger charge is -2.37. The van der Waals surface area contributed by atoms with E-state index < -0.39 is 0 Å². The summed E-state index contributed by atoms with van der Waals surface area (Å²) in [5.41, 5.74) is 3.03. The summed E-state index contributed by atoms with van der Waals surface area (Å²) in [6, 6.07) is 9.64. The summed E-state index contributed by atoms with van der Waals surface area (Å²) in [7, 11) is 0. The predicted octanol–water partition coefficient (Wildman–Crippen LogP) is 4.75. The summed E-state index contributed by atoms with van der Waals surface area (Å²) in [5, 5.41) is 3.72. The van der Waals surface area contributed by atoms with Crippen LogP contribution in [0.5, 0.6) is 0 Å². The van der Waals surface area contributed by atoms with Gasteiger partial charge in [0, 0.05) is 6.04 Å². The quantitative estimate of drug-likeness (QED) is 0.659. The van der Waals surface area contributed by atoms with Crippen molar-refractivity contribution in [3.8, 4) is 0 Å². The zero-order valence-electron chi connectivity index (χ0n) is 13.0. The smallest absolute Gasteiger partial charge is 0.00787 e. The first kappa shape index (κ1) is 15.9. The minimum absolute atomic E-state index is 0.769. The first-order valence-corrected chi connectivity index (χ1v) is 9.48. The second-order valence-corrected chi connectivity index (χ2v) is 7.07. The van der Waals surface area contributed by atoms with Gasteiger partial charge < -0.3 is 5.32 Å². The third-order valence-corrected chi connectivity index (χ3v) is 5.17. The molecule has 0 amide bonds. The second-order valence-electron chi connectivity index (χ2n) is 6.08. The lowest BCUT2D eigenvalue weighted by atomic mass is 9.74. The van der Waals surface area contributed by atoms with Gasteiger partial charge in [-0.3, -0.25) is 0 Å². The number of hydrogen-bond donors (Lipinski definition) is 1. The number of hydrogen-bond acceptors (Lipinski definition) is 2. The number of aryl methyl sites for hydroxylation is 1. The van der Waals surface area contributed by atoms with Gasteiger partial charge in [-0.05, 0) is 68.2 Å². The van der Waals surface area contributed by atoms with E-state index in [9.17, 15) is 0 Å². The fraction of sp³-hybridized carbons (Fsp3) is 0.667. The first-order valence-electron chi connectivity index (χ1n) is 8.09. The van der Waals surface area contributed by atoms with E-state index in [2.05, 4.69) is 42.8 Å². The summed E-state index contributed by atoms with van der Waals surface area (Å²) < 4.78 is 0. The van der Waals surface area contributed by atoms with E-state index in [1.165, 1.54) is 56.4 Å². The molecule has 1 N–H and O–H groups in total. The maximum Gasteiger partial charge on any atom is 0.00787 e. The van der Waals surface area contributed by atoms with Crippen molar-refractivity contribution >= 4 is 11.8 Å². The Morgan fingerprint density at radius 2 is 1.85 bits per heavy atom. The van der Waals surface area contributed by atoms with Crippen LogP contribution >= 0.6 is 11.8 Å². The fourth-order valence-electron chi connectivity index (χ4n) is 3.11. The van der Waals surface area contributed by atoms with Gasteiger partial charge in [-0.25, -0.2) is 0 Å². The molecule has 1 saturated carbocycles. The molecule has 20 heavy (non-hydrogen) atoms. The summed E-state index contributed by atoms with van der Waals surface area (Å²) in [5.74, 6) is 2.13. The van der Waals surface area contributed by atoms with Gasteiger partial charge in [0.25, 0.3) is 0 Å². The number of benzene rings is 1. The van der Waals surface area contributed by atoms with Crippen molar-refractivity contribution in [2.75, 3.05) is 18.6 Å². The molecular weight excluding hydrogens is 262 g/mol. The first-order chi connectivity index (χ1) is 9.81. The van der Waals surface area contributed by atoms with Crippen LogP contribution in [0.3, 0.4) is 0 Å². The molecule has 0 spiro atoms. The third-order valence-electron chi connectivity index (χ3n) is 4.47. The number of nitrogens with one attached hydrogen (secondary N) is 1. The fourth-order valence-corrected chi connectivity index (χ4v) is 3.61. The van der Waals surface area contributed by atoms with Gasteiger partial charge >= 0.3 is 0 Å². The second kappa shape index (κ2) is 8.74. The normalized spacial score (nSPS) is 21.7. The Labute approximate surface area is 128 Å². The molecule has 0 heterocycles. The number of unbranched alkanes of at least 4 members (excludes halogenated alkanes) is 3. The average Bonchev–Trinajstić information content (AvgIpc) is 2.41. The predicted molar refractivity (Wildman–Crippen MR) is 91.8 cm³/mol. The molecule has 1 aromatic rings. The minimum Gasteiger partial charge on any atom is -0.314 e. The number of rotatable bonds is 9. The molecule has 2 heteroatoms. The van der Waals surface area contributed by atoms with Gasteiger partial charge in [0.1, 0.15) is 0 Å². The van der Waals surface area contributed by atoms with E-state index in [4.69, 9.17) is 0 Å². The molecule has 2 rings (SSSR count). The lowest BCUT2D eigenvalue weighted by molar-refractivity contribution is 0.289. The van der Waals surface area contributed by atoms with Crippen molar-refractivity contribution < 1.29 is 0 Å². The summed E-state index contributed by atoms with van der Waals surface area (Å²) in [6.45, 7) is 3.45. The molecule has 1 aliphatic rings. The zero-order valence-corrected chi connectivity index (χ0v) is 13.8. The lowest BCUT2D eigenvalue weighted by Crippen LogP contribution is -2.40. The van der Waals surface area contributed by atoms with E-state index >= 15 is 0 Å². The molecule has 0 aromatic heterocycles. The molecule has 1 aromatic carbocycles. The SMILES string of the molecule is CSCCCCCCNC1CC(c2ccccc2C)C1. The van der Waals surface area contributed by atoms with Crippen molar-refractivity contribution in [1.82, 2.24) is 5.32 Å². The van der Waals surface area contributed by atoms with Crippen molar-refractivity contribution in [2.24, 2.45) is 0 Å². The monoisotopic (exact) mass is 291 g/mol. The third kappa shape index (κ3) is 4.82. The summed E-state index contributed by atoms with van der Waals surface area (Å²) in [4.78, 5) is 0. The maximum absolute atomic E-state index is 3.72. The summed E-state index contributed by atoms with van der Waals surface area (Å²) >= 11 is 1.97. The Bertz CT molecular complexity index is 385. The standard InChI is InChI=1S/C18H29NS/c1-15-9-5-6-10-18(15)16-13-17(14-16)19-11-7-3-4-8-12-20-2/h5-6,9-10,16-17,19H,3-4,7-8,11-14H2,1-2H3. The van der Waals surface area contributed by atoms with E-state index in [1.807, 2.05) is 11.8 Å². The molecule has 0 radical (unpaired) electrons. The Kier molecular flexibility index (Phi) is 6.95. The van der Waals surface area contributed by atoms with Crippen molar-refractivity contribution in [1.29, 1.82) is 0 Å². The highest BCUT2D eigenvalue weighted by molar-refractivity contribution is 7.98. The Hall–Kier alpha value is -0.470.